The highest BCUT2D eigenvalue weighted by Crippen LogP contribution is 2.34. The van der Waals surface area contributed by atoms with E-state index in [0.717, 1.165) is 40.6 Å². The quantitative estimate of drug-likeness (QED) is 0.699. The summed E-state index contributed by atoms with van der Waals surface area (Å²) >= 11 is 12.2. The second-order valence-electron chi connectivity index (χ2n) is 6.53. The number of benzene rings is 3. The fraction of sp³-hybridized carbons (Fsp3) is 0.190. The normalized spacial score (nSPS) is 14.5. The summed E-state index contributed by atoms with van der Waals surface area (Å²) in [5, 5.41) is 6.23. The van der Waals surface area contributed by atoms with Crippen molar-refractivity contribution < 1.29 is 4.79 Å². The summed E-state index contributed by atoms with van der Waals surface area (Å²) in [5.41, 5.74) is 2.75. The molecule has 0 aromatic heterocycles. The number of hydrogen-bond donors (Lipinski definition) is 1. The van der Waals surface area contributed by atoms with Gasteiger partial charge in [-0.2, -0.15) is 0 Å². The van der Waals surface area contributed by atoms with E-state index in [1.807, 2.05) is 60.5 Å². The Bertz CT molecular complexity index is 996. The number of likely N-dealkylation sites (tertiary alicyclic amines) is 1. The maximum absolute atomic E-state index is 12.9. The maximum atomic E-state index is 12.9. The molecule has 0 radical (unpaired) electrons. The molecule has 3 aromatic carbocycles. The highest BCUT2D eigenvalue weighted by Gasteiger charge is 2.30. The van der Waals surface area contributed by atoms with Gasteiger partial charge in [0.15, 0.2) is 0 Å². The Morgan fingerprint density at radius 1 is 1.00 bits per heavy atom. The minimum Gasteiger partial charge on any atom is -0.335 e. The number of halogens is 2. The average Bonchev–Trinajstić information content (AvgIpc) is 2.62. The van der Waals surface area contributed by atoms with E-state index in [4.69, 9.17) is 23.2 Å². The average molecular weight is 385 g/mol. The summed E-state index contributed by atoms with van der Waals surface area (Å²) in [4.78, 5) is 14.8. The maximum Gasteiger partial charge on any atom is 0.254 e. The molecule has 26 heavy (non-hydrogen) atoms. The summed E-state index contributed by atoms with van der Waals surface area (Å²) in [7, 11) is 1.92. The van der Waals surface area contributed by atoms with Gasteiger partial charge in [0.2, 0.25) is 0 Å². The second kappa shape index (κ2) is 6.92. The summed E-state index contributed by atoms with van der Waals surface area (Å²) < 4.78 is 0. The smallest absolute Gasteiger partial charge is 0.254 e. The van der Waals surface area contributed by atoms with E-state index in [-0.39, 0.29) is 5.91 Å². The molecule has 0 spiro atoms. The van der Waals surface area contributed by atoms with Gasteiger partial charge in [-0.05, 0) is 47.1 Å². The molecule has 1 amide bonds. The van der Waals surface area contributed by atoms with Crippen molar-refractivity contribution in [2.24, 2.45) is 0 Å². The molecule has 1 heterocycles. The molecular formula is C21H18Cl2N2O. The molecular weight excluding hydrogens is 367 g/mol. The minimum atomic E-state index is 0.0772. The van der Waals surface area contributed by atoms with Crippen LogP contribution in [0.3, 0.4) is 0 Å². The largest absolute Gasteiger partial charge is 0.335 e. The first-order chi connectivity index (χ1) is 12.6. The fourth-order valence-corrected chi connectivity index (χ4v) is 3.71. The van der Waals surface area contributed by atoms with Crippen LogP contribution in [0.4, 0.5) is 0 Å². The minimum absolute atomic E-state index is 0.0772. The number of nitrogens with one attached hydrogen (secondary N) is 1. The van der Waals surface area contributed by atoms with Crippen LogP contribution in [0, 0.1) is 0 Å². The summed E-state index contributed by atoms with van der Waals surface area (Å²) in [6.45, 7) is 1.50. The second-order valence-corrected chi connectivity index (χ2v) is 7.35. The van der Waals surface area contributed by atoms with E-state index in [9.17, 15) is 4.79 Å². The number of carbonyl (C=O) groups is 1. The molecule has 0 atom stereocenters. The van der Waals surface area contributed by atoms with E-state index >= 15 is 0 Å². The van der Waals surface area contributed by atoms with Crippen LogP contribution < -0.4 is 5.32 Å². The standard InChI is InChI=1S/C21H18Cl2N2O/c1-24-14-11-25(12-14)21(26)18-7-3-5-16-15(4-2-6-17(16)18)13-8-9-19(22)20(23)10-13/h2-10,14,24H,11-12H2,1H3. The van der Waals surface area contributed by atoms with Crippen molar-refractivity contribution in [1.29, 1.82) is 0 Å². The first-order valence-corrected chi connectivity index (χ1v) is 9.28. The SMILES string of the molecule is CNC1CN(C(=O)c2cccc3c(-c4ccc(Cl)c(Cl)c4)cccc23)C1. The van der Waals surface area contributed by atoms with Crippen molar-refractivity contribution in [3.63, 3.8) is 0 Å². The van der Waals surface area contributed by atoms with E-state index in [1.54, 1.807) is 6.07 Å². The summed E-state index contributed by atoms with van der Waals surface area (Å²) in [6, 6.07) is 17.9. The lowest BCUT2D eigenvalue weighted by molar-refractivity contribution is 0.0579. The van der Waals surface area contributed by atoms with Crippen LogP contribution in [0.15, 0.2) is 54.6 Å². The number of nitrogens with zero attached hydrogens (tertiary/aromatic N) is 1. The van der Waals surface area contributed by atoms with Gasteiger partial charge in [0, 0.05) is 24.7 Å². The van der Waals surface area contributed by atoms with Crippen LogP contribution in [0.25, 0.3) is 21.9 Å². The predicted octanol–water partition coefficient (Wildman–Crippen LogP) is 4.86. The molecule has 0 aliphatic carbocycles. The molecule has 0 bridgehead atoms. The molecule has 3 nitrogen and oxygen atoms in total. The summed E-state index contributed by atoms with van der Waals surface area (Å²) in [5.74, 6) is 0.0772. The number of fused-ring (bicyclic) bond motifs is 1. The van der Waals surface area contributed by atoms with E-state index in [1.165, 1.54) is 0 Å². The molecule has 1 N–H and O–H groups in total. The molecule has 1 saturated heterocycles. The first kappa shape index (κ1) is 17.3. The van der Waals surface area contributed by atoms with Gasteiger partial charge in [-0.15, -0.1) is 0 Å². The van der Waals surface area contributed by atoms with Crippen molar-refractivity contribution >= 4 is 39.9 Å². The first-order valence-electron chi connectivity index (χ1n) is 8.52. The molecule has 1 fully saturated rings. The Labute approximate surface area is 162 Å². The van der Waals surface area contributed by atoms with Crippen LogP contribution in [0.5, 0.6) is 0 Å². The van der Waals surface area contributed by atoms with Gasteiger partial charge < -0.3 is 10.2 Å². The zero-order chi connectivity index (χ0) is 18.3. The van der Waals surface area contributed by atoms with Gasteiger partial charge in [0.1, 0.15) is 0 Å². The van der Waals surface area contributed by atoms with Gasteiger partial charge in [0.05, 0.1) is 10.0 Å². The third-order valence-corrected chi connectivity index (χ3v) is 5.70. The van der Waals surface area contributed by atoms with E-state index < -0.39 is 0 Å². The lowest BCUT2D eigenvalue weighted by Gasteiger charge is -2.39. The van der Waals surface area contributed by atoms with Gasteiger partial charge >= 0.3 is 0 Å². The molecule has 0 saturated carbocycles. The van der Waals surface area contributed by atoms with Crippen LogP contribution in [-0.2, 0) is 0 Å². The third kappa shape index (κ3) is 2.96. The van der Waals surface area contributed by atoms with E-state index in [2.05, 4.69) is 5.32 Å². The zero-order valence-electron chi connectivity index (χ0n) is 14.3. The van der Waals surface area contributed by atoms with Crippen LogP contribution in [0.2, 0.25) is 10.0 Å². The molecule has 1 aliphatic heterocycles. The monoisotopic (exact) mass is 384 g/mol. The van der Waals surface area contributed by atoms with Crippen LogP contribution in [0.1, 0.15) is 10.4 Å². The number of amides is 1. The number of carbonyl (C=O) groups excluding carboxylic acids is 1. The van der Waals surface area contributed by atoms with Gasteiger partial charge in [-0.1, -0.05) is 59.6 Å². The lowest BCUT2D eigenvalue weighted by Crippen LogP contribution is -2.58. The zero-order valence-corrected chi connectivity index (χ0v) is 15.8. The molecule has 132 valence electrons. The Morgan fingerprint density at radius 3 is 2.46 bits per heavy atom. The molecule has 5 heteroatoms. The Morgan fingerprint density at radius 2 is 1.73 bits per heavy atom. The predicted molar refractivity (Wildman–Crippen MR) is 108 cm³/mol. The molecule has 4 rings (SSSR count). The van der Waals surface area contributed by atoms with Gasteiger partial charge in [-0.3, -0.25) is 4.79 Å². The molecule has 3 aromatic rings. The number of rotatable bonds is 3. The van der Waals surface area contributed by atoms with Crippen molar-refractivity contribution in [2.75, 3.05) is 20.1 Å². The van der Waals surface area contributed by atoms with Crippen LogP contribution in [-0.4, -0.2) is 37.0 Å². The van der Waals surface area contributed by atoms with Crippen LogP contribution >= 0.6 is 23.2 Å². The third-order valence-electron chi connectivity index (χ3n) is 4.96. The van der Waals surface area contributed by atoms with Gasteiger partial charge in [-0.25, -0.2) is 0 Å². The van der Waals surface area contributed by atoms with Gasteiger partial charge in [0.25, 0.3) is 5.91 Å². The highest BCUT2D eigenvalue weighted by molar-refractivity contribution is 6.42. The fourth-order valence-electron chi connectivity index (χ4n) is 3.41. The number of hydrogen-bond acceptors (Lipinski definition) is 2. The Balaban J connectivity index is 1.78. The Kier molecular flexibility index (Phi) is 4.62. The van der Waals surface area contributed by atoms with Crippen molar-refractivity contribution in [3.05, 3.63) is 70.2 Å². The highest BCUT2D eigenvalue weighted by atomic mass is 35.5. The Hall–Kier alpha value is -2.07. The van der Waals surface area contributed by atoms with Crippen molar-refractivity contribution in [3.8, 4) is 11.1 Å². The lowest BCUT2D eigenvalue weighted by atomic mass is 9.94. The topological polar surface area (TPSA) is 32.3 Å². The molecule has 0 unspecified atom stereocenters. The van der Waals surface area contributed by atoms with Crippen molar-refractivity contribution in [1.82, 2.24) is 10.2 Å². The van der Waals surface area contributed by atoms with E-state index in [0.29, 0.717) is 16.1 Å². The molecule has 1 aliphatic rings. The summed E-state index contributed by atoms with van der Waals surface area (Å²) in [6.07, 6.45) is 0. The van der Waals surface area contributed by atoms with Crippen molar-refractivity contribution in [2.45, 2.75) is 6.04 Å². The number of likely N-dealkylation sites (N-methyl/N-ethyl adjacent to an activating group) is 1.